The minimum absolute atomic E-state index is 0.0964. The smallest absolute Gasteiger partial charge is 0.252 e. The van der Waals surface area contributed by atoms with Gasteiger partial charge in [0.15, 0.2) is 0 Å². The van der Waals surface area contributed by atoms with Crippen LogP contribution in [0.1, 0.15) is 10.4 Å². The molecular weight excluding hydrogens is 332 g/mol. The Balaban J connectivity index is 1.84. The molecule has 0 saturated carbocycles. The van der Waals surface area contributed by atoms with Gasteiger partial charge in [0.2, 0.25) is 10.0 Å². The van der Waals surface area contributed by atoms with Crippen LogP contribution in [0.25, 0.3) is 0 Å². The lowest BCUT2D eigenvalue weighted by Gasteiger charge is -2.08. The second-order valence-electron chi connectivity index (χ2n) is 4.12. The number of sulfonamides is 1. The first-order valence-electron chi connectivity index (χ1n) is 6.05. The zero-order valence-electron chi connectivity index (χ0n) is 10.9. The van der Waals surface area contributed by atoms with Crippen molar-refractivity contribution in [2.24, 2.45) is 0 Å². The molecule has 2 N–H and O–H groups in total. The SMILES string of the molecule is O=C(NCCNS(=O)(=O)c1cccc(Cl)c1)c1ccsc1. The number of carbonyl (C=O) groups is 1. The van der Waals surface area contributed by atoms with Gasteiger partial charge in [-0.2, -0.15) is 11.3 Å². The molecule has 1 amide bonds. The molecule has 0 aliphatic rings. The molecule has 0 bridgehead atoms. The van der Waals surface area contributed by atoms with Crippen LogP contribution in [0.15, 0.2) is 46.0 Å². The van der Waals surface area contributed by atoms with Crippen LogP contribution in [0.4, 0.5) is 0 Å². The van der Waals surface area contributed by atoms with Gasteiger partial charge in [0, 0.05) is 29.1 Å². The summed E-state index contributed by atoms with van der Waals surface area (Å²) >= 11 is 7.19. The maximum atomic E-state index is 12.0. The number of amides is 1. The first kappa shape index (κ1) is 16.0. The average Bonchev–Trinajstić information content (AvgIpc) is 2.97. The fraction of sp³-hybridized carbons (Fsp3) is 0.154. The molecule has 21 heavy (non-hydrogen) atoms. The van der Waals surface area contributed by atoms with Gasteiger partial charge in [-0.15, -0.1) is 0 Å². The Labute approximate surface area is 132 Å². The largest absolute Gasteiger partial charge is 0.351 e. The molecule has 8 heteroatoms. The summed E-state index contributed by atoms with van der Waals surface area (Å²) in [5.41, 5.74) is 0.567. The van der Waals surface area contributed by atoms with E-state index in [0.717, 1.165) is 0 Å². The van der Waals surface area contributed by atoms with Crippen LogP contribution in [-0.2, 0) is 10.0 Å². The van der Waals surface area contributed by atoms with Gasteiger partial charge in [0.05, 0.1) is 4.90 Å². The third-order valence-corrected chi connectivity index (χ3v) is 4.97. The van der Waals surface area contributed by atoms with E-state index in [1.54, 1.807) is 29.0 Å². The van der Waals surface area contributed by atoms with Crippen molar-refractivity contribution >= 4 is 38.9 Å². The zero-order chi connectivity index (χ0) is 15.3. The lowest BCUT2D eigenvalue weighted by Crippen LogP contribution is -2.34. The number of hydrogen-bond acceptors (Lipinski definition) is 4. The normalized spacial score (nSPS) is 11.3. The molecule has 0 unspecified atom stereocenters. The van der Waals surface area contributed by atoms with Gasteiger partial charge in [0.25, 0.3) is 5.91 Å². The molecule has 0 fully saturated rings. The van der Waals surface area contributed by atoms with Crippen LogP contribution in [-0.4, -0.2) is 27.4 Å². The summed E-state index contributed by atoms with van der Waals surface area (Å²) < 4.78 is 26.4. The van der Waals surface area contributed by atoms with Gasteiger partial charge in [-0.05, 0) is 29.6 Å². The fourth-order valence-corrected chi connectivity index (χ4v) is 3.54. The molecule has 2 rings (SSSR count). The predicted octanol–water partition coefficient (Wildman–Crippen LogP) is 2.11. The number of rotatable bonds is 6. The van der Waals surface area contributed by atoms with Crippen molar-refractivity contribution in [1.82, 2.24) is 10.0 Å². The van der Waals surface area contributed by atoms with Crippen molar-refractivity contribution in [2.75, 3.05) is 13.1 Å². The summed E-state index contributed by atoms with van der Waals surface area (Å²) in [6, 6.07) is 7.69. The summed E-state index contributed by atoms with van der Waals surface area (Å²) in [6.07, 6.45) is 0. The Morgan fingerprint density at radius 3 is 2.71 bits per heavy atom. The molecule has 112 valence electrons. The summed E-state index contributed by atoms with van der Waals surface area (Å²) in [5, 5.41) is 6.52. The van der Waals surface area contributed by atoms with Gasteiger partial charge < -0.3 is 5.32 Å². The van der Waals surface area contributed by atoms with E-state index in [4.69, 9.17) is 11.6 Å². The highest BCUT2D eigenvalue weighted by atomic mass is 35.5. The number of hydrogen-bond donors (Lipinski definition) is 2. The molecule has 1 aromatic carbocycles. The minimum Gasteiger partial charge on any atom is -0.351 e. The third kappa shape index (κ3) is 4.53. The van der Waals surface area contributed by atoms with Crippen LogP contribution < -0.4 is 10.0 Å². The van der Waals surface area contributed by atoms with E-state index in [0.29, 0.717) is 10.6 Å². The number of halogens is 1. The van der Waals surface area contributed by atoms with Crippen molar-refractivity contribution in [2.45, 2.75) is 4.90 Å². The van der Waals surface area contributed by atoms with Gasteiger partial charge in [-0.3, -0.25) is 4.79 Å². The maximum Gasteiger partial charge on any atom is 0.252 e. The van der Waals surface area contributed by atoms with Crippen LogP contribution in [0.3, 0.4) is 0 Å². The lowest BCUT2D eigenvalue weighted by molar-refractivity contribution is 0.0955. The molecule has 1 aromatic heterocycles. The highest BCUT2D eigenvalue weighted by Crippen LogP contribution is 2.14. The van der Waals surface area contributed by atoms with Gasteiger partial charge >= 0.3 is 0 Å². The van der Waals surface area contributed by atoms with E-state index in [1.807, 2.05) is 0 Å². The van der Waals surface area contributed by atoms with Crippen molar-refractivity contribution in [1.29, 1.82) is 0 Å². The molecule has 2 aromatic rings. The molecule has 0 atom stereocenters. The number of nitrogens with one attached hydrogen (secondary N) is 2. The Morgan fingerprint density at radius 2 is 2.05 bits per heavy atom. The Bertz CT molecular complexity index is 715. The number of thiophene rings is 1. The van der Waals surface area contributed by atoms with Crippen LogP contribution >= 0.6 is 22.9 Å². The zero-order valence-corrected chi connectivity index (χ0v) is 13.3. The van der Waals surface area contributed by atoms with Crippen molar-refractivity contribution in [3.05, 3.63) is 51.7 Å². The molecule has 0 saturated heterocycles. The Hall–Kier alpha value is -1.41. The summed E-state index contributed by atoms with van der Waals surface area (Å²) in [7, 11) is -3.62. The molecule has 0 spiro atoms. The van der Waals surface area contributed by atoms with Gasteiger partial charge in [-0.25, -0.2) is 13.1 Å². The Kier molecular flexibility index (Phi) is 5.35. The monoisotopic (exact) mass is 344 g/mol. The molecule has 1 heterocycles. The van der Waals surface area contributed by atoms with Crippen LogP contribution in [0.5, 0.6) is 0 Å². The standard InChI is InChI=1S/C13H13ClN2O3S2/c14-11-2-1-3-12(8-11)21(18,19)16-6-5-15-13(17)10-4-7-20-9-10/h1-4,7-9,16H,5-6H2,(H,15,17). The fourth-order valence-electron chi connectivity index (χ4n) is 1.57. The van der Waals surface area contributed by atoms with Crippen molar-refractivity contribution in [3.63, 3.8) is 0 Å². The first-order chi connectivity index (χ1) is 9.99. The summed E-state index contributed by atoms with van der Waals surface area (Å²) in [4.78, 5) is 11.7. The molecule has 5 nitrogen and oxygen atoms in total. The molecule has 0 radical (unpaired) electrons. The van der Waals surface area contributed by atoms with E-state index in [2.05, 4.69) is 10.0 Å². The average molecular weight is 345 g/mol. The predicted molar refractivity (Wildman–Crippen MR) is 83.3 cm³/mol. The lowest BCUT2D eigenvalue weighted by atomic mass is 10.3. The minimum atomic E-state index is -3.62. The molecule has 0 aliphatic carbocycles. The second kappa shape index (κ2) is 7.04. The van der Waals surface area contributed by atoms with E-state index >= 15 is 0 Å². The van der Waals surface area contributed by atoms with E-state index in [9.17, 15) is 13.2 Å². The van der Waals surface area contributed by atoms with E-state index < -0.39 is 10.0 Å². The number of benzene rings is 1. The van der Waals surface area contributed by atoms with E-state index in [-0.39, 0.29) is 23.9 Å². The number of carbonyl (C=O) groups excluding carboxylic acids is 1. The van der Waals surface area contributed by atoms with Gasteiger partial charge in [0.1, 0.15) is 0 Å². The van der Waals surface area contributed by atoms with Crippen LogP contribution in [0.2, 0.25) is 5.02 Å². The second-order valence-corrected chi connectivity index (χ2v) is 7.11. The van der Waals surface area contributed by atoms with E-state index in [1.165, 1.54) is 23.5 Å². The van der Waals surface area contributed by atoms with Gasteiger partial charge in [-0.1, -0.05) is 17.7 Å². The van der Waals surface area contributed by atoms with Crippen molar-refractivity contribution < 1.29 is 13.2 Å². The summed E-state index contributed by atoms with van der Waals surface area (Å²) in [5.74, 6) is -0.224. The quantitative estimate of drug-likeness (QED) is 0.788. The molecular formula is C13H13ClN2O3S2. The van der Waals surface area contributed by atoms with Crippen LogP contribution in [0, 0.1) is 0 Å². The molecule has 0 aliphatic heterocycles. The van der Waals surface area contributed by atoms with Crippen molar-refractivity contribution in [3.8, 4) is 0 Å². The topological polar surface area (TPSA) is 75.3 Å². The Morgan fingerprint density at radius 1 is 1.24 bits per heavy atom. The maximum absolute atomic E-state index is 12.0. The highest BCUT2D eigenvalue weighted by molar-refractivity contribution is 7.89. The third-order valence-electron chi connectivity index (χ3n) is 2.59. The highest BCUT2D eigenvalue weighted by Gasteiger charge is 2.13. The summed E-state index contributed by atoms with van der Waals surface area (Å²) in [6.45, 7) is 0.305. The first-order valence-corrected chi connectivity index (χ1v) is 8.85.